The summed E-state index contributed by atoms with van der Waals surface area (Å²) < 4.78 is 0. The number of halogens is 2. The quantitative estimate of drug-likeness (QED) is 0.850. The molecule has 1 aromatic carbocycles. The van der Waals surface area contributed by atoms with Crippen molar-refractivity contribution in [1.82, 2.24) is 9.97 Å². The summed E-state index contributed by atoms with van der Waals surface area (Å²) in [4.78, 5) is 8.46. The minimum atomic E-state index is 0.627. The topological polar surface area (TPSA) is 49.8 Å². The van der Waals surface area contributed by atoms with Crippen LogP contribution in [0.25, 0.3) is 0 Å². The van der Waals surface area contributed by atoms with E-state index in [2.05, 4.69) is 20.6 Å². The van der Waals surface area contributed by atoms with E-state index in [1.165, 1.54) is 0 Å². The van der Waals surface area contributed by atoms with Crippen LogP contribution in [0.15, 0.2) is 30.5 Å². The highest BCUT2D eigenvalue weighted by Crippen LogP contribution is 2.21. The number of benzene rings is 1. The fourth-order valence-corrected chi connectivity index (χ4v) is 2.25. The van der Waals surface area contributed by atoms with Gasteiger partial charge >= 0.3 is 0 Å². The lowest BCUT2D eigenvalue weighted by Gasteiger charge is -2.08. The Morgan fingerprint density at radius 2 is 2.00 bits per heavy atom. The third kappa shape index (κ3) is 4.25. The first kappa shape index (κ1) is 14.9. The summed E-state index contributed by atoms with van der Waals surface area (Å²) >= 11 is 12.0. The number of nitrogens with one attached hydrogen (secondary N) is 2. The molecule has 1 aromatic heterocycles. The Morgan fingerprint density at radius 3 is 2.75 bits per heavy atom. The molecule has 20 heavy (non-hydrogen) atoms. The molecule has 4 nitrogen and oxygen atoms in total. The summed E-state index contributed by atoms with van der Waals surface area (Å²) in [7, 11) is 0. The van der Waals surface area contributed by atoms with Crippen molar-refractivity contribution < 1.29 is 0 Å². The second-order valence-electron chi connectivity index (χ2n) is 4.21. The fraction of sp³-hybridized carbons (Fsp3) is 0.286. The molecule has 0 saturated heterocycles. The van der Waals surface area contributed by atoms with E-state index in [0.29, 0.717) is 16.0 Å². The lowest BCUT2D eigenvalue weighted by molar-refractivity contribution is 0.995. The van der Waals surface area contributed by atoms with Crippen molar-refractivity contribution >= 4 is 35.0 Å². The molecule has 0 saturated carbocycles. The molecule has 0 aliphatic carbocycles. The van der Waals surface area contributed by atoms with Crippen LogP contribution < -0.4 is 10.6 Å². The monoisotopic (exact) mass is 310 g/mol. The molecular formula is C14H16Cl2N4. The predicted octanol–water partition coefficient (Wildman–Crippen LogP) is 3.87. The van der Waals surface area contributed by atoms with Crippen LogP contribution in [0.1, 0.15) is 12.5 Å². The van der Waals surface area contributed by atoms with Gasteiger partial charge in [-0.15, -0.1) is 0 Å². The Bertz CT molecular complexity index is 575. The molecule has 2 rings (SSSR count). The third-order valence-corrected chi connectivity index (χ3v) is 3.29. The zero-order chi connectivity index (χ0) is 14.4. The summed E-state index contributed by atoms with van der Waals surface area (Å²) in [5.74, 6) is 1.42. The number of nitrogens with zero attached hydrogens (tertiary/aromatic N) is 2. The van der Waals surface area contributed by atoms with Crippen LogP contribution in [0.5, 0.6) is 0 Å². The minimum absolute atomic E-state index is 0.627. The second-order valence-corrected chi connectivity index (χ2v) is 5.05. The zero-order valence-electron chi connectivity index (χ0n) is 11.2. The van der Waals surface area contributed by atoms with Gasteiger partial charge in [0.2, 0.25) is 5.95 Å². The first-order chi connectivity index (χ1) is 9.69. The maximum Gasteiger partial charge on any atom is 0.224 e. The maximum absolute atomic E-state index is 6.13. The highest BCUT2D eigenvalue weighted by atomic mass is 35.5. The number of rotatable bonds is 6. The Hall–Kier alpha value is -1.52. The largest absolute Gasteiger partial charge is 0.370 e. The Balaban J connectivity index is 1.90. The first-order valence-electron chi connectivity index (χ1n) is 6.43. The van der Waals surface area contributed by atoms with Crippen LogP contribution in [-0.2, 0) is 6.42 Å². The van der Waals surface area contributed by atoms with Gasteiger partial charge in [-0.1, -0.05) is 29.3 Å². The van der Waals surface area contributed by atoms with Crippen molar-refractivity contribution in [2.24, 2.45) is 0 Å². The van der Waals surface area contributed by atoms with E-state index in [1.807, 2.05) is 25.1 Å². The number of anilines is 2. The molecule has 0 unspecified atom stereocenters. The summed E-state index contributed by atoms with van der Waals surface area (Å²) in [6.07, 6.45) is 2.53. The molecule has 0 radical (unpaired) electrons. The number of hydrogen-bond donors (Lipinski definition) is 2. The van der Waals surface area contributed by atoms with Gasteiger partial charge in [-0.3, -0.25) is 0 Å². The third-order valence-electron chi connectivity index (χ3n) is 2.71. The van der Waals surface area contributed by atoms with Gasteiger partial charge in [-0.25, -0.2) is 4.98 Å². The summed E-state index contributed by atoms with van der Waals surface area (Å²) in [5.41, 5.74) is 1.06. The van der Waals surface area contributed by atoms with Crippen LogP contribution in [0.4, 0.5) is 11.8 Å². The zero-order valence-corrected chi connectivity index (χ0v) is 12.7. The first-order valence-corrected chi connectivity index (χ1v) is 7.19. The van der Waals surface area contributed by atoms with Crippen LogP contribution in [0, 0.1) is 0 Å². The van der Waals surface area contributed by atoms with Crippen molar-refractivity contribution in [1.29, 1.82) is 0 Å². The van der Waals surface area contributed by atoms with E-state index < -0.39 is 0 Å². The van der Waals surface area contributed by atoms with Gasteiger partial charge in [0.15, 0.2) is 0 Å². The van der Waals surface area contributed by atoms with E-state index >= 15 is 0 Å². The molecule has 0 fully saturated rings. The molecule has 0 spiro atoms. The molecule has 0 aliphatic rings. The SMILES string of the molecule is CCNc1nccc(NCCc2ccc(Cl)cc2Cl)n1. The van der Waals surface area contributed by atoms with Crippen molar-refractivity contribution in [3.63, 3.8) is 0 Å². The molecule has 106 valence electrons. The van der Waals surface area contributed by atoms with Gasteiger partial charge in [0, 0.05) is 29.3 Å². The minimum Gasteiger partial charge on any atom is -0.370 e. The lowest BCUT2D eigenvalue weighted by atomic mass is 10.1. The molecule has 2 aromatic rings. The Morgan fingerprint density at radius 1 is 1.15 bits per heavy atom. The van der Waals surface area contributed by atoms with Gasteiger partial charge in [0.05, 0.1) is 0 Å². The summed E-state index contributed by atoms with van der Waals surface area (Å²) in [6, 6.07) is 7.38. The normalized spacial score (nSPS) is 10.3. The van der Waals surface area contributed by atoms with Gasteiger partial charge in [-0.2, -0.15) is 4.98 Å². The molecule has 0 atom stereocenters. The summed E-state index contributed by atoms with van der Waals surface area (Å²) in [5, 5.41) is 7.67. The van der Waals surface area contributed by atoms with Crippen LogP contribution in [-0.4, -0.2) is 23.1 Å². The smallest absolute Gasteiger partial charge is 0.224 e. The molecule has 0 bridgehead atoms. The summed E-state index contributed by atoms with van der Waals surface area (Å²) in [6.45, 7) is 3.54. The van der Waals surface area contributed by atoms with E-state index in [-0.39, 0.29) is 0 Å². The molecule has 1 heterocycles. The second kappa shape index (κ2) is 7.31. The van der Waals surface area contributed by atoms with Gasteiger partial charge in [0.1, 0.15) is 5.82 Å². The molecule has 2 N–H and O–H groups in total. The molecule has 6 heteroatoms. The van der Waals surface area contributed by atoms with Crippen molar-refractivity contribution in [2.45, 2.75) is 13.3 Å². The fourth-order valence-electron chi connectivity index (χ4n) is 1.75. The Labute approximate surface area is 128 Å². The lowest BCUT2D eigenvalue weighted by Crippen LogP contribution is -2.09. The highest BCUT2D eigenvalue weighted by Gasteiger charge is 2.02. The standard InChI is InChI=1S/C14H16Cl2N4/c1-2-17-14-19-8-6-13(20-14)18-7-5-10-3-4-11(15)9-12(10)16/h3-4,6,8-9H,2,5,7H2,1H3,(H2,17,18,19,20). The Kier molecular flexibility index (Phi) is 5.44. The number of aromatic nitrogens is 2. The van der Waals surface area contributed by atoms with Crippen molar-refractivity contribution in [3.05, 3.63) is 46.1 Å². The van der Waals surface area contributed by atoms with Gasteiger partial charge < -0.3 is 10.6 Å². The molecule has 0 aliphatic heterocycles. The van der Waals surface area contributed by atoms with Gasteiger partial charge in [-0.05, 0) is 37.1 Å². The number of hydrogen-bond acceptors (Lipinski definition) is 4. The van der Waals surface area contributed by atoms with Crippen LogP contribution in [0.3, 0.4) is 0 Å². The van der Waals surface area contributed by atoms with E-state index in [1.54, 1.807) is 12.3 Å². The maximum atomic E-state index is 6.13. The predicted molar refractivity (Wildman–Crippen MR) is 84.9 cm³/mol. The molecular weight excluding hydrogens is 295 g/mol. The average molecular weight is 311 g/mol. The van der Waals surface area contributed by atoms with E-state index in [9.17, 15) is 0 Å². The molecule has 0 amide bonds. The van der Waals surface area contributed by atoms with Crippen molar-refractivity contribution in [3.8, 4) is 0 Å². The highest BCUT2D eigenvalue weighted by molar-refractivity contribution is 6.35. The van der Waals surface area contributed by atoms with Gasteiger partial charge in [0.25, 0.3) is 0 Å². The van der Waals surface area contributed by atoms with Crippen LogP contribution in [0.2, 0.25) is 10.0 Å². The van der Waals surface area contributed by atoms with Crippen LogP contribution >= 0.6 is 23.2 Å². The van der Waals surface area contributed by atoms with E-state index in [4.69, 9.17) is 23.2 Å². The van der Waals surface area contributed by atoms with Crippen molar-refractivity contribution in [2.75, 3.05) is 23.7 Å². The average Bonchev–Trinajstić information content (AvgIpc) is 2.42. The van der Waals surface area contributed by atoms with E-state index in [0.717, 1.165) is 30.9 Å².